The van der Waals surface area contributed by atoms with E-state index in [1.165, 1.54) is 0 Å². The van der Waals surface area contributed by atoms with Crippen LogP contribution in [0.1, 0.15) is 6.92 Å². The zero-order chi connectivity index (χ0) is 7.49. The minimum Gasteiger partial charge on any atom is -0.125 e. The molecular formula is C5H8Cl4. The molecule has 0 fully saturated rings. The van der Waals surface area contributed by atoms with Crippen LogP contribution in [0.15, 0.2) is 0 Å². The average molecular weight is 210 g/mol. The van der Waals surface area contributed by atoms with E-state index in [1.54, 1.807) is 6.92 Å². The third kappa shape index (κ3) is 3.18. The highest BCUT2D eigenvalue weighted by atomic mass is 35.5. The van der Waals surface area contributed by atoms with Gasteiger partial charge in [0, 0.05) is 11.8 Å². The van der Waals surface area contributed by atoms with Crippen molar-refractivity contribution in [2.45, 2.75) is 17.2 Å². The Kier molecular flexibility index (Phi) is 4.66. The summed E-state index contributed by atoms with van der Waals surface area (Å²) in [5.74, 6) is 0.643. The van der Waals surface area contributed by atoms with Crippen LogP contribution in [-0.2, 0) is 0 Å². The summed E-state index contributed by atoms with van der Waals surface area (Å²) < 4.78 is 0. The van der Waals surface area contributed by atoms with Crippen molar-refractivity contribution in [3.8, 4) is 0 Å². The highest BCUT2D eigenvalue weighted by Gasteiger charge is 2.28. The third-order valence-electron chi connectivity index (χ3n) is 1.05. The molecule has 0 aromatic rings. The molecule has 2 unspecified atom stereocenters. The molecule has 0 heterocycles. The molecule has 56 valence electrons. The number of halogens is 4. The fourth-order valence-electron chi connectivity index (χ4n) is 0.245. The summed E-state index contributed by atoms with van der Waals surface area (Å²) >= 11 is 22.5. The van der Waals surface area contributed by atoms with Crippen molar-refractivity contribution in [3.05, 3.63) is 0 Å². The molecule has 0 radical (unpaired) electrons. The zero-order valence-electron chi connectivity index (χ0n) is 5.00. The first-order valence-electron chi connectivity index (χ1n) is 2.49. The van der Waals surface area contributed by atoms with Gasteiger partial charge in [-0.05, 0) is 6.92 Å². The van der Waals surface area contributed by atoms with Gasteiger partial charge in [0.25, 0.3) is 0 Å². The normalized spacial score (nSPS) is 21.0. The second kappa shape index (κ2) is 4.12. The molecule has 0 N–H and O–H groups in total. The van der Waals surface area contributed by atoms with E-state index in [0.717, 1.165) is 0 Å². The van der Waals surface area contributed by atoms with Crippen molar-refractivity contribution in [2.75, 3.05) is 11.8 Å². The van der Waals surface area contributed by atoms with E-state index in [-0.39, 0.29) is 5.38 Å². The monoisotopic (exact) mass is 208 g/mol. The highest BCUT2D eigenvalue weighted by Crippen LogP contribution is 2.26. The number of alkyl halides is 4. The smallest absolute Gasteiger partial charge is 0.0728 e. The predicted molar refractivity (Wildman–Crippen MR) is 45.3 cm³/mol. The lowest BCUT2D eigenvalue weighted by atomic mass is 10.1. The van der Waals surface area contributed by atoms with Crippen molar-refractivity contribution in [2.24, 2.45) is 0 Å². The maximum atomic E-state index is 5.82. The van der Waals surface area contributed by atoms with Gasteiger partial charge in [0.1, 0.15) is 0 Å². The largest absolute Gasteiger partial charge is 0.125 e. The van der Waals surface area contributed by atoms with Crippen molar-refractivity contribution in [1.82, 2.24) is 0 Å². The van der Waals surface area contributed by atoms with E-state index in [4.69, 9.17) is 46.4 Å². The minimum absolute atomic E-state index is 0.265. The van der Waals surface area contributed by atoms with E-state index in [2.05, 4.69) is 0 Å². The van der Waals surface area contributed by atoms with E-state index in [1.807, 2.05) is 0 Å². The van der Waals surface area contributed by atoms with Crippen molar-refractivity contribution < 1.29 is 0 Å². The highest BCUT2D eigenvalue weighted by molar-refractivity contribution is 6.38. The molecule has 0 aliphatic heterocycles. The molecule has 0 nitrogen and oxygen atoms in total. The fourth-order valence-corrected chi connectivity index (χ4v) is 1.08. The number of hydrogen-bond donors (Lipinski definition) is 0. The Balaban J connectivity index is 3.80. The summed E-state index contributed by atoms with van der Waals surface area (Å²) in [5.41, 5.74) is 0. The molecule has 0 aliphatic rings. The molecule has 0 amide bonds. The van der Waals surface area contributed by atoms with E-state index in [0.29, 0.717) is 11.8 Å². The molecule has 0 bridgehead atoms. The van der Waals surface area contributed by atoms with Gasteiger partial charge in [0.2, 0.25) is 0 Å². The second-order valence-corrected chi connectivity index (χ2v) is 4.00. The lowest BCUT2D eigenvalue weighted by Gasteiger charge is -2.22. The molecular weight excluding hydrogens is 202 g/mol. The van der Waals surface area contributed by atoms with E-state index in [9.17, 15) is 0 Å². The lowest BCUT2D eigenvalue weighted by molar-refractivity contribution is 0.691. The maximum Gasteiger partial charge on any atom is 0.0728 e. The Labute approximate surface area is 75.4 Å². The summed E-state index contributed by atoms with van der Waals surface area (Å²) in [5, 5.41) is -0.265. The SMILES string of the molecule is CC(Cl)(CCl)C(Cl)CCl. The van der Waals surface area contributed by atoms with Gasteiger partial charge < -0.3 is 0 Å². The number of rotatable bonds is 3. The second-order valence-electron chi connectivity index (χ2n) is 2.03. The van der Waals surface area contributed by atoms with Gasteiger partial charge in [0.05, 0.1) is 10.3 Å². The van der Waals surface area contributed by atoms with Crippen LogP contribution in [0.5, 0.6) is 0 Å². The van der Waals surface area contributed by atoms with Gasteiger partial charge in [-0.15, -0.1) is 46.4 Å². The Morgan fingerprint density at radius 1 is 1.44 bits per heavy atom. The molecule has 0 aromatic heterocycles. The molecule has 0 aliphatic carbocycles. The average Bonchev–Trinajstić information content (AvgIpc) is 1.86. The fraction of sp³-hybridized carbons (Fsp3) is 1.00. The van der Waals surface area contributed by atoms with Crippen molar-refractivity contribution in [3.63, 3.8) is 0 Å². The molecule has 0 saturated carbocycles. The number of hydrogen-bond acceptors (Lipinski definition) is 0. The molecule has 9 heavy (non-hydrogen) atoms. The summed E-state index contributed by atoms with van der Waals surface area (Å²) in [6, 6.07) is 0. The molecule has 0 aromatic carbocycles. The van der Waals surface area contributed by atoms with Crippen LogP contribution in [0.25, 0.3) is 0 Å². The van der Waals surface area contributed by atoms with Crippen LogP contribution in [0.4, 0.5) is 0 Å². The Bertz CT molecular complexity index is 81.0. The van der Waals surface area contributed by atoms with Crippen LogP contribution >= 0.6 is 46.4 Å². The third-order valence-corrected chi connectivity index (χ3v) is 3.35. The van der Waals surface area contributed by atoms with Gasteiger partial charge >= 0.3 is 0 Å². The first-order chi connectivity index (χ1) is 4.04. The van der Waals surface area contributed by atoms with Crippen LogP contribution in [-0.4, -0.2) is 22.0 Å². The van der Waals surface area contributed by atoms with Crippen molar-refractivity contribution in [1.29, 1.82) is 0 Å². The summed E-state index contributed by atoms with van der Waals surface area (Å²) in [7, 11) is 0. The van der Waals surface area contributed by atoms with Gasteiger partial charge in [0.15, 0.2) is 0 Å². The summed E-state index contributed by atoms with van der Waals surface area (Å²) in [4.78, 5) is -0.579. The summed E-state index contributed by atoms with van der Waals surface area (Å²) in [6.07, 6.45) is 0. The maximum absolute atomic E-state index is 5.82. The van der Waals surface area contributed by atoms with Gasteiger partial charge in [-0.1, -0.05) is 0 Å². The molecule has 2 atom stereocenters. The van der Waals surface area contributed by atoms with E-state index >= 15 is 0 Å². The van der Waals surface area contributed by atoms with E-state index < -0.39 is 4.87 Å². The quantitative estimate of drug-likeness (QED) is 0.627. The first kappa shape index (κ1) is 10.2. The molecule has 0 spiro atoms. The molecule has 0 rings (SSSR count). The standard InChI is InChI=1S/C5H8Cl4/c1-5(9,3-7)4(8)2-6/h4H,2-3H2,1H3. The van der Waals surface area contributed by atoms with Crippen LogP contribution in [0.2, 0.25) is 0 Å². The Morgan fingerprint density at radius 3 is 2.00 bits per heavy atom. The predicted octanol–water partition coefficient (Wildman–Crippen LogP) is 3.07. The van der Waals surface area contributed by atoms with Crippen LogP contribution < -0.4 is 0 Å². The first-order valence-corrected chi connectivity index (χ1v) is 4.38. The Morgan fingerprint density at radius 2 is 1.89 bits per heavy atom. The molecule has 4 heteroatoms. The summed E-state index contributed by atoms with van der Waals surface area (Å²) in [6.45, 7) is 1.77. The van der Waals surface area contributed by atoms with Crippen molar-refractivity contribution >= 4 is 46.4 Å². The van der Waals surface area contributed by atoms with Crippen LogP contribution in [0, 0.1) is 0 Å². The molecule has 0 saturated heterocycles. The lowest BCUT2D eigenvalue weighted by Crippen LogP contribution is -2.32. The van der Waals surface area contributed by atoms with Gasteiger partial charge in [-0.25, -0.2) is 0 Å². The topological polar surface area (TPSA) is 0 Å². The van der Waals surface area contributed by atoms with Crippen LogP contribution in [0.3, 0.4) is 0 Å². The minimum atomic E-state index is -0.579. The zero-order valence-corrected chi connectivity index (χ0v) is 8.03. The van der Waals surface area contributed by atoms with Gasteiger partial charge in [-0.2, -0.15) is 0 Å². The Hall–Kier alpha value is 1.16. The van der Waals surface area contributed by atoms with Gasteiger partial charge in [-0.3, -0.25) is 0 Å².